The van der Waals surface area contributed by atoms with Crippen LogP contribution in [0.15, 0.2) is 30.7 Å². The Hall–Kier alpha value is -2.64. The standard InChI is InChI=1S/C18H18F2N6/c19-17(20)12-3-4-15-21-10-14(26(15)24-12)13-9-16(23-11-22-13)25-8-2-1-5-18(25)6-7-18/h3-4,9-11,17H,1-2,5-8H2. The summed E-state index contributed by atoms with van der Waals surface area (Å²) in [5.74, 6) is 0.896. The van der Waals surface area contributed by atoms with E-state index in [0.717, 1.165) is 18.8 Å². The Morgan fingerprint density at radius 1 is 1.04 bits per heavy atom. The van der Waals surface area contributed by atoms with Crippen LogP contribution in [0, 0.1) is 0 Å². The van der Waals surface area contributed by atoms with Crippen molar-refractivity contribution >= 4 is 11.5 Å². The lowest BCUT2D eigenvalue weighted by molar-refractivity contribution is 0.144. The third-order valence-corrected chi connectivity index (χ3v) is 5.47. The first-order valence-electron chi connectivity index (χ1n) is 8.89. The summed E-state index contributed by atoms with van der Waals surface area (Å²) >= 11 is 0. The number of alkyl halides is 2. The maximum Gasteiger partial charge on any atom is 0.282 e. The number of nitrogens with zero attached hydrogens (tertiary/aromatic N) is 6. The van der Waals surface area contributed by atoms with Crippen LogP contribution < -0.4 is 4.90 Å². The van der Waals surface area contributed by atoms with E-state index >= 15 is 0 Å². The fourth-order valence-corrected chi connectivity index (χ4v) is 3.93. The Bertz CT molecular complexity index is 965. The Kier molecular flexibility index (Phi) is 3.41. The summed E-state index contributed by atoms with van der Waals surface area (Å²) in [5.41, 5.74) is 1.74. The topological polar surface area (TPSA) is 59.2 Å². The molecule has 0 amide bonds. The molecular formula is C18H18F2N6. The van der Waals surface area contributed by atoms with Gasteiger partial charge in [-0.1, -0.05) is 0 Å². The van der Waals surface area contributed by atoms with Crippen LogP contribution in [0.5, 0.6) is 0 Å². The second kappa shape index (κ2) is 5.69. The van der Waals surface area contributed by atoms with Crippen molar-refractivity contribution in [1.82, 2.24) is 24.6 Å². The smallest absolute Gasteiger partial charge is 0.282 e. The summed E-state index contributed by atoms with van der Waals surface area (Å²) in [6.07, 6.45) is 6.58. The van der Waals surface area contributed by atoms with E-state index in [1.54, 1.807) is 12.3 Å². The second-order valence-electron chi connectivity index (χ2n) is 7.07. The number of imidazole rings is 1. The summed E-state index contributed by atoms with van der Waals surface area (Å²) in [7, 11) is 0. The van der Waals surface area contributed by atoms with E-state index < -0.39 is 6.43 Å². The van der Waals surface area contributed by atoms with Gasteiger partial charge in [-0.2, -0.15) is 5.10 Å². The minimum absolute atomic E-state index is 0.268. The molecular weight excluding hydrogens is 338 g/mol. The van der Waals surface area contributed by atoms with Crippen LogP contribution in [0.3, 0.4) is 0 Å². The molecule has 1 aliphatic carbocycles. The third-order valence-electron chi connectivity index (χ3n) is 5.47. The molecule has 0 atom stereocenters. The number of hydrogen-bond acceptors (Lipinski definition) is 5. The average molecular weight is 356 g/mol. The van der Waals surface area contributed by atoms with Crippen molar-refractivity contribution in [2.24, 2.45) is 0 Å². The summed E-state index contributed by atoms with van der Waals surface area (Å²) in [5, 5.41) is 4.02. The van der Waals surface area contributed by atoms with Gasteiger partial charge in [0.25, 0.3) is 6.43 Å². The van der Waals surface area contributed by atoms with Gasteiger partial charge in [-0.05, 0) is 44.2 Å². The quantitative estimate of drug-likeness (QED) is 0.717. The first-order chi connectivity index (χ1) is 12.7. The van der Waals surface area contributed by atoms with Gasteiger partial charge >= 0.3 is 0 Å². The zero-order chi connectivity index (χ0) is 17.7. The molecule has 134 valence electrons. The van der Waals surface area contributed by atoms with Gasteiger partial charge in [0.1, 0.15) is 23.5 Å². The zero-order valence-electron chi connectivity index (χ0n) is 14.1. The first-order valence-corrected chi connectivity index (χ1v) is 8.89. The van der Waals surface area contributed by atoms with Gasteiger partial charge < -0.3 is 4.90 Å². The summed E-state index contributed by atoms with van der Waals surface area (Å²) in [4.78, 5) is 15.5. The third kappa shape index (κ3) is 2.43. The summed E-state index contributed by atoms with van der Waals surface area (Å²) < 4.78 is 27.4. The van der Waals surface area contributed by atoms with Crippen molar-refractivity contribution in [3.8, 4) is 11.4 Å². The molecule has 1 saturated carbocycles. The molecule has 2 aliphatic rings. The molecule has 6 nitrogen and oxygen atoms in total. The van der Waals surface area contributed by atoms with Crippen LogP contribution in [-0.4, -0.2) is 36.6 Å². The van der Waals surface area contributed by atoms with Gasteiger partial charge in [0.2, 0.25) is 0 Å². The molecule has 8 heteroatoms. The SMILES string of the molecule is FC(F)c1ccc2ncc(-c3cc(N4CCCCC45CC5)ncn3)n2n1. The van der Waals surface area contributed by atoms with Crippen LogP contribution in [0.2, 0.25) is 0 Å². The van der Waals surface area contributed by atoms with Gasteiger partial charge in [-0.3, -0.25) is 0 Å². The van der Waals surface area contributed by atoms with Gasteiger partial charge in [0, 0.05) is 18.2 Å². The first kappa shape index (κ1) is 15.6. The largest absolute Gasteiger partial charge is 0.351 e. The van der Waals surface area contributed by atoms with Crippen LogP contribution in [0.4, 0.5) is 14.6 Å². The molecule has 3 aromatic heterocycles. The minimum Gasteiger partial charge on any atom is -0.351 e. The van der Waals surface area contributed by atoms with E-state index in [0.29, 0.717) is 17.0 Å². The predicted octanol–water partition coefficient (Wildman–Crippen LogP) is 3.65. The van der Waals surface area contributed by atoms with Gasteiger partial charge in [-0.25, -0.2) is 28.2 Å². The predicted molar refractivity (Wildman–Crippen MR) is 92.1 cm³/mol. The van der Waals surface area contributed by atoms with Crippen LogP contribution in [-0.2, 0) is 0 Å². The number of halogens is 2. The van der Waals surface area contributed by atoms with Crippen molar-refractivity contribution in [3.63, 3.8) is 0 Å². The van der Waals surface area contributed by atoms with E-state index in [2.05, 4.69) is 25.0 Å². The van der Waals surface area contributed by atoms with Gasteiger partial charge in [0.15, 0.2) is 5.65 Å². The van der Waals surface area contributed by atoms with Crippen molar-refractivity contribution in [1.29, 1.82) is 0 Å². The number of rotatable bonds is 3. The Morgan fingerprint density at radius 2 is 1.92 bits per heavy atom. The number of hydrogen-bond donors (Lipinski definition) is 0. The highest BCUT2D eigenvalue weighted by molar-refractivity contribution is 5.63. The molecule has 1 saturated heterocycles. The molecule has 0 bridgehead atoms. The molecule has 4 heterocycles. The lowest BCUT2D eigenvalue weighted by Crippen LogP contribution is -2.42. The highest BCUT2D eigenvalue weighted by atomic mass is 19.3. The molecule has 1 aliphatic heterocycles. The molecule has 2 fully saturated rings. The molecule has 1 spiro atoms. The molecule has 26 heavy (non-hydrogen) atoms. The zero-order valence-corrected chi connectivity index (χ0v) is 14.1. The van der Waals surface area contributed by atoms with Crippen LogP contribution in [0.25, 0.3) is 17.0 Å². The molecule has 0 unspecified atom stereocenters. The molecule has 0 radical (unpaired) electrons. The molecule has 0 N–H and O–H groups in total. The summed E-state index contributed by atoms with van der Waals surface area (Å²) in [6, 6.07) is 4.77. The Balaban J connectivity index is 1.57. The average Bonchev–Trinajstić information content (AvgIpc) is 3.29. The fourth-order valence-electron chi connectivity index (χ4n) is 3.93. The lowest BCUT2D eigenvalue weighted by atomic mass is 10.00. The van der Waals surface area contributed by atoms with E-state index in [4.69, 9.17) is 0 Å². The number of fused-ring (bicyclic) bond motifs is 1. The Morgan fingerprint density at radius 3 is 2.73 bits per heavy atom. The number of anilines is 1. The van der Waals surface area contributed by atoms with Crippen LogP contribution in [0.1, 0.15) is 44.2 Å². The maximum atomic E-state index is 13.0. The van der Waals surface area contributed by atoms with Crippen molar-refractivity contribution in [2.75, 3.05) is 11.4 Å². The van der Waals surface area contributed by atoms with E-state index in [-0.39, 0.29) is 11.2 Å². The normalized spacial score (nSPS) is 18.8. The van der Waals surface area contributed by atoms with E-state index in [1.807, 2.05) is 6.07 Å². The van der Waals surface area contributed by atoms with E-state index in [9.17, 15) is 8.78 Å². The van der Waals surface area contributed by atoms with Crippen molar-refractivity contribution in [2.45, 2.75) is 44.1 Å². The second-order valence-corrected chi connectivity index (χ2v) is 7.07. The van der Waals surface area contributed by atoms with E-state index in [1.165, 1.54) is 42.6 Å². The van der Waals surface area contributed by atoms with Crippen molar-refractivity contribution < 1.29 is 8.78 Å². The monoisotopic (exact) mass is 356 g/mol. The molecule has 3 aromatic rings. The minimum atomic E-state index is -2.63. The fraction of sp³-hybridized carbons (Fsp3) is 0.444. The van der Waals surface area contributed by atoms with Gasteiger partial charge in [-0.15, -0.1) is 0 Å². The molecule has 0 aromatic carbocycles. The Labute approximate surface area is 148 Å². The maximum absolute atomic E-state index is 13.0. The van der Waals surface area contributed by atoms with Crippen molar-refractivity contribution in [3.05, 3.63) is 36.4 Å². The molecule has 5 rings (SSSR count). The highest BCUT2D eigenvalue weighted by Gasteiger charge is 2.49. The highest BCUT2D eigenvalue weighted by Crippen LogP contribution is 2.49. The number of aromatic nitrogens is 5. The van der Waals surface area contributed by atoms with Crippen LogP contribution >= 0.6 is 0 Å². The van der Waals surface area contributed by atoms with Gasteiger partial charge in [0.05, 0.1) is 11.9 Å². The lowest BCUT2D eigenvalue weighted by Gasteiger charge is -2.37. The number of piperidine rings is 1. The summed E-state index contributed by atoms with van der Waals surface area (Å²) in [6.45, 7) is 0.997.